The lowest BCUT2D eigenvalue weighted by Crippen LogP contribution is -2.46. The Balaban J connectivity index is 1.39. The summed E-state index contributed by atoms with van der Waals surface area (Å²) in [5.74, 6) is 0.810. The van der Waals surface area contributed by atoms with Crippen LogP contribution in [0.15, 0.2) is 48.5 Å². The smallest absolute Gasteiger partial charge is 0.260 e. The Bertz CT molecular complexity index is 905. The molecule has 7 heteroatoms. The van der Waals surface area contributed by atoms with Crippen molar-refractivity contribution in [2.45, 2.75) is 19.3 Å². The van der Waals surface area contributed by atoms with Gasteiger partial charge in [0.1, 0.15) is 17.3 Å². The zero-order valence-corrected chi connectivity index (χ0v) is 16.7. The highest BCUT2D eigenvalue weighted by atomic mass is 19.1. The van der Waals surface area contributed by atoms with E-state index in [2.05, 4.69) is 5.32 Å². The van der Waals surface area contributed by atoms with Crippen molar-refractivity contribution in [3.05, 3.63) is 54.3 Å². The van der Waals surface area contributed by atoms with Crippen molar-refractivity contribution in [2.24, 2.45) is 11.8 Å². The predicted molar refractivity (Wildman–Crippen MR) is 110 cm³/mol. The van der Waals surface area contributed by atoms with E-state index in [0.29, 0.717) is 43.3 Å². The molecule has 1 N–H and O–H groups in total. The van der Waals surface area contributed by atoms with Gasteiger partial charge in [0.05, 0.1) is 12.3 Å². The van der Waals surface area contributed by atoms with Crippen LogP contribution in [0.4, 0.5) is 10.1 Å². The summed E-state index contributed by atoms with van der Waals surface area (Å²) in [5.41, 5.74) is 0.365. The zero-order valence-electron chi connectivity index (χ0n) is 16.7. The fraction of sp³-hybridized carbons (Fsp3) is 0.391. The highest BCUT2D eigenvalue weighted by Crippen LogP contribution is 2.33. The molecule has 2 amide bonds. The maximum atomic E-state index is 13.5. The summed E-state index contributed by atoms with van der Waals surface area (Å²) < 4.78 is 24.9. The van der Waals surface area contributed by atoms with E-state index < -0.39 is 5.82 Å². The summed E-state index contributed by atoms with van der Waals surface area (Å²) in [6.45, 7) is 1.61. The number of fused-ring (bicyclic) bond motifs is 2. The van der Waals surface area contributed by atoms with Crippen LogP contribution in [0, 0.1) is 17.7 Å². The maximum absolute atomic E-state index is 13.5. The summed E-state index contributed by atoms with van der Waals surface area (Å²) >= 11 is 0. The summed E-state index contributed by atoms with van der Waals surface area (Å²) in [5, 5.41) is 2.77. The van der Waals surface area contributed by atoms with Crippen LogP contribution in [0.2, 0.25) is 0 Å². The summed E-state index contributed by atoms with van der Waals surface area (Å²) in [6.07, 6.45) is 1.81. The fourth-order valence-corrected chi connectivity index (χ4v) is 4.14. The molecular formula is C23H25FN2O4. The topological polar surface area (TPSA) is 67.9 Å². The van der Waals surface area contributed by atoms with Gasteiger partial charge in [-0.25, -0.2) is 4.39 Å². The van der Waals surface area contributed by atoms with Crippen LogP contribution in [0.25, 0.3) is 0 Å². The predicted octanol–water partition coefficient (Wildman–Crippen LogP) is 3.48. The first kappa shape index (κ1) is 20.2. The molecule has 0 spiro atoms. The lowest BCUT2D eigenvalue weighted by molar-refractivity contribution is -0.136. The van der Waals surface area contributed by atoms with Gasteiger partial charge in [0, 0.05) is 25.6 Å². The molecule has 0 radical (unpaired) electrons. The van der Waals surface area contributed by atoms with Gasteiger partial charge in [-0.15, -0.1) is 0 Å². The van der Waals surface area contributed by atoms with Gasteiger partial charge in [-0.3, -0.25) is 9.59 Å². The molecule has 30 heavy (non-hydrogen) atoms. The summed E-state index contributed by atoms with van der Waals surface area (Å²) in [6, 6.07) is 13.4. The van der Waals surface area contributed by atoms with Crippen LogP contribution in [0.5, 0.6) is 11.5 Å². The Morgan fingerprint density at radius 1 is 1.17 bits per heavy atom. The minimum atomic E-state index is -0.419. The van der Waals surface area contributed by atoms with Crippen LogP contribution in [0.1, 0.15) is 19.3 Å². The van der Waals surface area contributed by atoms with Crippen LogP contribution in [0.3, 0.4) is 0 Å². The molecule has 2 heterocycles. The minimum Gasteiger partial charge on any atom is -0.491 e. The zero-order chi connectivity index (χ0) is 20.9. The van der Waals surface area contributed by atoms with Crippen molar-refractivity contribution in [3.63, 3.8) is 0 Å². The monoisotopic (exact) mass is 412 g/mol. The van der Waals surface area contributed by atoms with Crippen molar-refractivity contribution < 1.29 is 23.5 Å². The van der Waals surface area contributed by atoms with Gasteiger partial charge in [-0.2, -0.15) is 0 Å². The molecule has 0 aromatic heterocycles. The lowest BCUT2D eigenvalue weighted by atomic mass is 9.81. The van der Waals surface area contributed by atoms with Gasteiger partial charge in [0.25, 0.3) is 5.91 Å². The third-order valence-electron chi connectivity index (χ3n) is 5.76. The Morgan fingerprint density at radius 2 is 2.00 bits per heavy atom. The molecule has 1 fully saturated rings. The number of rotatable bonds is 3. The van der Waals surface area contributed by atoms with Crippen LogP contribution >= 0.6 is 0 Å². The Morgan fingerprint density at radius 3 is 2.83 bits per heavy atom. The van der Waals surface area contributed by atoms with Gasteiger partial charge in [-0.05, 0) is 48.9 Å². The first-order chi connectivity index (χ1) is 14.6. The summed E-state index contributed by atoms with van der Waals surface area (Å²) in [7, 11) is 0. The maximum Gasteiger partial charge on any atom is 0.260 e. The van der Waals surface area contributed by atoms with E-state index in [1.54, 1.807) is 0 Å². The standard InChI is InChI=1S/C23H25FN2O4/c24-18-6-7-21-20(13-18)25-22(27)12-16-8-10-26(14-17(16)9-11-29-21)23(28)15-30-19-4-2-1-3-5-19/h1-7,13,16-17H,8-12,14-15H2,(H,25,27)/t16-,17-/m0/s1. The van der Waals surface area contributed by atoms with Crippen molar-refractivity contribution >= 4 is 17.5 Å². The number of piperidine rings is 1. The number of carbonyl (C=O) groups is 2. The van der Waals surface area contributed by atoms with Gasteiger partial charge < -0.3 is 19.7 Å². The number of hydrogen-bond donors (Lipinski definition) is 1. The molecule has 0 unspecified atom stereocenters. The summed E-state index contributed by atoms with van der Waals surface area (Å²) in [4.78, 5) is 27.0. The van der Waals surface area contributed by atoms with E-state index in [4.69, 9.17) is 9.47 Å². The molecule has 2 atom stereocenters. The van der Waals surface area contributed by atoms with E-state index in [0.717, 1.165) is 12.8 Å². The number of para-hydroxylation sites is 1. The largest absolute Gasteiger partial charge is 0.491 e. The number of nitrogens with zero attached hydrogens (tertiary/aromatic N) is 1. The highest BCUT2D eigenvalue weighted by Gasteiger charge is 2.33. The molecule has 1 saturated heterocycles. The molecule has 158 valence electrons. The number of carbonyl (C=O) groups excluding carboxylic acids is 2. The number of ether oxygens (including phenoxy) is 2. The number of hydrogen-bond acceptors (Lipinski definition) is 4. The number of amides is 2. The van der Waals surface area contributed by atoms with Gasteiger partial charge in [0.15, 0.2) is 6.61 Å². The van der Waals surface area contributed by atoms with E-state index in [9.17, 15) is 14.0 Å². The molecule has 0 bridgehead atoms. The van der Waals surface area contributed by atoms with Crippen LogP contribution in [-0.2, 0) is 9.59 Å². The van der Waals surface area contributed by atoms with Crippen molar-refractivity contribution in [2.75, 3.05) is 31.6 Å². The normalized spacial score (nSPS) is 21.5. The molecule has 2 aromatic carbocycles. The first-order valence-electron chi connectivity index (χ1n) is 10.3. The Labute approximate surface area is 175 Å². The van der Waals surface area contributed by atoms with Crippen molar-refractivity contribution in [1.29, 1.82) is 0 Å². The highest BCUT2D eigenvalue weighted by molar-refractivity contribution is 5.92. The minimum absolute atomic E-state index is 0.00265. The Hall–Kier alpha value is -3.09. The molecular weight excluding hydrogens is 387 g/mol. The second-order valence-corrected chi connectivity index (χ2v) is 7.78. The molecule has 2 aliphatic rings. The number of anilines is 1. The van der Waals surface area contributed by atoms with Gasteiger partial charge in [0.2, 0.25) is 5.91 Å². The third-order valence-corrected chi connectivity index (χ3v) is 5.76. The lowest BCUT2D eigenvalue weighted by Gasteiger charge is -2.39. The molecule has 2 aliphatic heterocycles. The second-order valence-electron chi connectivity index (χ2n) is 7.78. The van der Waals surface area contributed by atoms with Gasteiger partial charge in [-0.1, -0.05) is 18.2 Å². The van der Waals surface area contributed by atoms with Crippen LogP contribution < -0.4 is 14.8 Å². The molecule has 4 rings (SSSR count). The van der Waals surface area contributed by atoms with E-state index in [-0.39, 0.29) is 30.3 Å². The van der Waals surface area contributed by atoms with Crippen molar-refractivity contribution in [1.82, 2.24) is 4.90 Å². The number of halogens is 1. The van der Waals surface area contributed by atoms with E-state index in [1.807, 2.05) is 35.2 Å². The SMILES string of the molecule is O=C1C[C@@H]2CCN(C(=O)COc3ccccc3)C[C@@H]2CCOc2ccc(F)cc2N1. The fourth-order valence-electron chi connectivity index (χ4n) is 4.14. The second kappa shape index (κ2) is 9.15. The average Bonchev–Trinajstić information content (AvgIpc) is 2.75. The Kier molecular flexibility index (Phi) is 6.16. The first-order valence-corrected chi connectivity index (χ1v) is 10.3. The average molecular weight is 412 g/mol. The quantitative estimate of drug-likeness (QED) is 0.838. The molecule has 0 aliphatic carbocycles. The molecule has 0 saturated carbocycles. The van der Waals surface area contributed by atoms with Gasteiger partial charge >= 0.3 is 0 Å². The molecule has 6 nitrogen and oxygen atoms in total. The van der Waals surface area contributed by atoms with Crippen LogP contribution in [-0.4, -0.2) is 43.0 Å². The number of nitrogens with one attached hydrogen (secondary N) is 1. The van der Waals surface area contributed by atoms with E-state index in [1.165, 1.54) is 18.2 Å². The number of likely N-dealkylation sites (tertiary alicyclic amines) is 1. The van der Waals surface area contributed by atoms with E-state index >= 15 is 0 Å². The number of benzene rings is 2. The molecule has 2 aromatic rings. The van der Waals surface area contributed by atoms with Crippen molar-refractivity contribution in [3.8, 4) is 11.5 Å². The third kappa shape index (κ3) is 4.90.